The van der Waals surface area contributed by atoms with Crippen LogP contribution in [0.2, 0.25) is 5.02 Å². The molecule has 1 unspecified atom stereocenters. The molecule has 1 aromatic rings. The summed E-state index contributed by atoms with van der Waals surface area (Å²) in [7, 11) is 0. The first-order valence-corrected chi connectivity index (χ1v) is 7.41. The van der Waals surface area contributed by atoms with Gasteiger partial charge in [-0.3, -0.25) is 0 Å². The highest BCUT2D eigenvalue weighted by molar-refractivity contribution is 7.99. The van der Waals surface area contributed by atoms with Crippen LogP contribution in [0.1, 0.15) is 25.8 Å². The van der Waals surface area contributed by atoms with Crippen molar-refractivity contribution >= 4 is 23.4 Å². The van der Waals surface area contributed by atoms with Crippen LogP contribution in [0.3, 0.4) is 0 Å². The van der Waals surface area contributed by atoms with Gasteiger partial charge >= 0.3 is 0 Å². The third kappa shape index (κ3) is 5.75. The van der Waals surface area contributed by atoms with Crippen LogP contribution in [-0.4, -0.2) is 17.5 Å². The maximum absolute atomic E-state index is 13.0. The average molecular weight is 276 g/mol. The molecule has 1 N–H and O–H groups in total. The van der Waals surface area contributed by atoms with Crippen LogP contribution in [0, 0.1) is 5.82 Å². The number of rotatable bonds is 7. The Bertz CT molecular complexity index is 346. The monoisotopic (exact) mass is 275 g/mol. The molecule has 1 aromatic carbocycles. The van der Waals surface area contributed by atoms with Gasteiger partial charge in [-0.15, -0.1) is 0 Å². The molecule has 96 valence electrons. The smallest absolute Gasteiger partial charge is 0.123 e. The third-order valence-corrected chi connectivity index (χ3v) is 3.85. The summed E-state index contributed by atoms with van der Waals surface area (Å²) in [5.41, 5.74) is 0.821. The van der Waals surface area contributed by atoms with Crippen LogP contribution in [0.15, 0.2) is 18.2 Å². The van der Waals surface area contributed by atoms with Crippen molar-refractivity contribution in [2.45, 2.75) is 32.9 Å². The Morgan fingerprint density at radius 1 is 1.47 bits per heavy atom. The lowest BCUT2D eigenvalue weighted by molar-refractivity contribution is 0.535. The van der Waals surface area contributed by atoms with E-state index < -0.39 is 0 Å². The standard InChI is InChI=1S/C13H19ClFNS/c1-3-17-7-6-10(2)16-9-11-8-12(15)4-5-13(11)14/h4-5,8,10,16H,3,6-7,9H2,1-2H3. The van der Waals surface area contributed by atoms with Crippen molar-refractivity contribution in [3.05, 3.63) is 34.6 Å². The number of nitrogens with one attached hydrogen (secondary N) is 1. The van der Waals surface area contributed by atoms with Crippen molar-refractivity contribution < 1.29 is 4.39 Å². The molecule has 0 heterocycles. The molecule has 0 amide bonds. The van der Waals surface area contributed by atoms with E-state index in [1.165, 1.54) is 12.1 Å². The highest BCUT2D eigenvalue weighted by atomic mass is 35.5. The molecule has 1 rings (SSSR count). The van der Waals surface area contributed by atoms with Gasteiger partial charge in [-0.1, -0.05) is 18.5 Å². The van der Waals surface area contributed by atoms with E-state index in [2.05, 4.69) is 19.2 Å². The first kappa shape index (κ1) is 14.8. The van der Waals surface area contributed by atoms with Crippen molar-refractivity contribution in [1.82, 2.24) is 5.32 Å². The van der Waals surface area contributed by atoms with E-state index in [-0.39, 0.29) is 5.82 Å². The molecule has 0 aliphatic heterocycles. The van der Waals surface area contributed by atoms with Crippen LogP contribution < -0.4 is 5.32 Å². The van der Waals surface area contributed by atoms with Crippen molar-refractivity contribution in [2.24, 2.45) is 0 Å². The first-order chi connectivity index (χ1) is 8.13. The summed E-state index contributed by atoms with van der Waals surface area (Å²) in [6.07, 6.45) is 1.12. The van der Waals surface area contributed by atoms with Crippen LogP contribution in [0.25, 0.3) is 0 Å². The molecular formula is C13H19ClFNS. The van der Waals surface area contributed by atoms with Gasteiger partial charge in [-0.2, -0.15) is 11.8 Å². The Morgan fingerprint density at radius 2 is 2.24 bits per heavy atom. The zero-order valence-corrected chi connectivity index (χ0v) is 11.9. The van der Waals surface area contributed by atoms with Crippen LogP contribution in [-0.2, 0) is 6.54 Å². The number of halogens is 2. The third-order valence-electron chi connectivity index (χ3n) is 2.55. The fraction of sp³-hybridized carbons (Fsp3) is 0.538. The molecule has 0 aromatic heterocycles. The van der Waals surface area contributed by atoms with Gasteiger partial charge in [0.25, 0.3) is 0 Å². The quantitative estimate of drug-likeness (QED) is 0.752. The van der Waals surface area contributed by atoms with Gasteiger partial charge in [0.15, 0.2) is 0 Å². The summed E-state index contributed by atoms with van der Waals surface area (Å²) < 4.78 is 13.0. The van der Waals surface area contributed by atoms with E-state index in [9.17, 15) is 4.39 Å². The number of hydrogen-bond donors (Lipinski definition) is 1. The Labute approximate surface area is 112 Å². The highest BCUT2D eigenvalue weighted by Gasteiger charge is 2.05. The summed E-state index contributed by atoms with van der Waals surface area (Å²) in [6, 6.07) is 4.90. The largest absolute Gasteiger partial charge is 0.310 e. The topological polar surface area (TPSA) is 12.0 Å². The normalized spacial score (nSPS) is 12.7. The summed E-state index contributed by atoms with van der Waals surface area (Å²) in [5.74, 6) is 2.07. The van der Waals surface area contributed by atoms with Gasteiger partial charge in [0.2, 0.25) is 0 Å². The maximum atomic E-state index is 13.0. The maximum Gasteiger partial charge on any atom is 0.123 e. The van der Waals surface area contributed by atoms with Gasteiger partial charge < -0.3 is 5.32 Å². The van der Waals surface area contributed by atoms with Crippen molar-refractivity contribution in [3.63, 3.8) is 0 Å². The summed E-state index contributed by atoms with van der Waals surface area (Å²) in [6.45, 7) is 4.92. The van der Waals surface area contributed by atoms with E-state index in [0.717, 1.165) is 23.5 Å². The fourth-order valence-corrected chi connectivity index (χ4v) is 2.46. The van der Waals surface area contributed by atoms with Crippen LogP contribution in [0.5, 0.6) is 0 Å². The molecule has 0 aliphatic rings. The highest BCUT2D eigenvalue weighted by Crippen LogP contribution is 2.17. The van der Waals surface area contributed by atoms with Crippen LogP contribution in [0.4, 0.5) is 4.39 Å². The number of hydrogen-bond acceptors (Lipinski definition) is 2. The minimum atomic E-state index is -0.236. The summed E-state index contributed by atoms with van der Waals surface area (Å²) in [5, 5.41) is 3.98. The van der Waals surface area contributed by atoms with E-state index in [1.807, 2.05) is 11.8 Å². The molecule has 0 saturated carbocycles. The molecule has 1 atom stereocenters. The molecule has 4 heteroatoms. The fourth-order valence-electron chi connectivity index (χ4n) is 1.47. The van der Waals surface area contributed by atoms with Gasteiger partial charge in [-0.05, 0) is 48.6 Å². The predicted molar refractivity (Wildman–Crippen MR) is 75.3 cm³/mol. The summed E-state index contributed by atoms with van der Waals surface area (Å²) >= 11 is 7.93. The van der Waals surface area contributed by atoms with Crippen LogP contribution >= 0.6 is 23.4 Å². The lowest BCUT2D eigenvalue weighted by atomic mass is 10.2. The van der Waals surface area contributed by atoms with E-state index in [0.29, 0.717) is 17.6 Å². The molecule has 0 aliphatic carbocycles. The second-order valence-electron chi connectivity index (χ2n) is 4.00. The Balaban J connectivity index is 2.36. The zero-order chi connectivity index (χ0) is 12.7. The lowest BCUT2D eigenvalue weighted by Crippen LogP contribution is -2.26. The number of benzene rings is 1. The summed E-state index contributed by atoms with van der Waals surface area (Å²) in [4.78, 5) is 0. The molecule has 0 saturated heterocycles. The molecule has 0 fully saturated rings. The van der Waals surface area contributed by atoms with E-state index in [1.54, 1.807) is 6.07 Å². The molecule has 0 radical (unpaired) electrons. The van der Waals surface area contributed by atoms with E-state index in [4.69, 9.17) is 11.6 Å². The lowest BCUT2D eigenvalue weighted by Gasteiger charge is -2.14. The second kappa shape index (κ2) is 7.96. The van der Waals surface area contributed by atoms with Crippen molar-refractivity contribution in [1.29, 1.82) is 0 Å². The average Bonchev–Trinajstić information content (AvgIpc) is 2.31. The second-order valence-corrected chi connectivity index (χ2v) is 5.80. The van der Waals surface area contributed by atoms with Gasteiger partial charge in [0.05, 0.1) is 0 Å². The van der Waals surface area contributed by atoms with Gasteiger partial charge in [-0.25, -0.2) is 4.39 Å². The molecule has 1 nitrogen and oxygen atoms in total. The first-order valence-electron chi connectivity index (χ1n) is 5.88. The number of thioether (sulfide) groups is 1. The molecule has 17 heavy (non-hydrogen) atoms. The SMILES string of the molecule is CCSCCC(C)NCc1cc(F)ccc1Cl. The van der Waals surface area contributed by atoms with Crippen molar-refractivity contribution in [2.75, 3.05) is 11.5 Å². The Morgan fingerprint density at radius 3 is 2.94 bits per heavy atom. The minimum absolute atomic E-state index is 0.236. The van der Waals surface area contributed by atoms with Gasteiger partial charge in [0.1, 0.15) is 5.82 Å². The minimum Gasteiger partial charge on any atom is -0.310 e. The molecular weight excluding hydrogens is 257 g/mol. The molecule has 0 spiro atoms. The molecule has 0 bridgehead atoms. The Kier molecular flexibility index (Phi) is 6.93. The Hall–Kier alpha value is -0.250. The predicted octanol–water partition coefficient (Wildman–Crippen LogP) is 4.10. The van der Waals surface area contributed by atoms with E-state index >= 15 is 0 Å². The van der Waals surface area contributed by atoms with Crippen molar-refractivity contribution in [3.8, 4) is 0 Å². The zero-order valence-electron chi connectivity index (χ0n) is 10.3. The van der Waals surface area contributed by atoms with Gasteiger partial charge in [0, 0.05) is 17.6 Å².